The van der Waals surface area contributed by atoms with Crippen molar-refractivity contribution in [3.63, 3.8) is 0 Å². The van der Waals surface area contributed by atoms with Gasteiger partial charge in [-0.3, -0.25) is 4.31 Å². The minimum absolute atomic E-state index is 0.361. The van der Waals surface area contributed by atoms with Gasteiger partial charge in [-0.2, -0.15) is 0 Å². The average molecular weight is 201 g/mol. The van der Waals surface area contributed by atoms with E-state index in [4.69, 9.17) is 0 Å². The molecule has 78 valence electrons. The molecule has 1 aliphatic rings. The highest BCUT2D eigenvalue weighted by atomic mass is 32.1. The zero-order valence-electron chi connectivity index (χ0n) is 9.59. The van der Waals surface area contributed by atoms with E-state index in [0.29, 0.717) is 10.8 Å². The van der Waals surface area contributed by atoms with Crippen LogP contribution in [0.3, 0.4) is 0 Å². The first-order valence-electron chi connectivity index (χ1n) is 5.18. The van der Waals surface area contributed by atoms with E-state index in [1.54, 1.807) is 0 Å². The minimum atomic E-state index is 0.361. The van der Waals surface area contributed by atoms with Gasteiger partial charge >= 0.3 is 0 Å². The number of thiol groups is 1. The molecule has 1 saturated heterocycles. The van der Waals surface area contributed by atoms with Gasteiger partial charge in [0.2, 0.25) is 0 Å². The van der Waals surface area contributed by atoms with Gasteiger partial charge < -0.3 is 0 Å². The molecule has 0 aliphatic carbocycles. The highest BCUT2D eigenvalue weighted by Gasteiger charge is 2.41. The standard InChI is InChI=1S/C11H23NS/c1-9-6-10(2,3)11(4,5)8-12(13)7-9/h9,13H,6-8H2,1-5H3. The molecule has 1 heterocycles. The quantitative estimate of drug-likeness (QED) is 0.589. The van der Waals surface area contributed by atoms with Gasteiger partial charge in [0.1, 0.15) is 0 Å². The van der Waals surface area contributed by atoms with E-state index in [1.807, 2.05) is 0 Å². The number of hydrogen-bond donors (Lipinski definition) is 1. The predicted octanol–water partition coefficient (Wildman–Crippen LogP) is 3.23. The predicted molar refractivity (Wildman–Crippen MR) is 61.9 cm³/mol. The normalized spacial score (nSPS) is 34.2. The molecule has 0 aromatic carbocycles. The molecule has 0 amide bonds. The number of rotatable bonds is 0. The molecule has 0 aromatic rings. The molecule has 1 atom stereocenters. The topological polar surface area (TPSA) is 3.24 Å². The van der Waals surface area contributed by atoms with Crippen LogP contribution in [0.1, 0.15) is 41.0 Å². The molecule has 0 aromatic heterocycles. The van der Waals surface area contributed by atoms with Gasteiger partial charge in [0.05, 0.1) is 0 Å². The van der Waals surface area contributed by atoms with Crippen LogP contribution in [0.25, 0.3) is 0 Å². The van der Waals surface area contributed by atoms with E-state index in [2.05, 4.69) is 51.7 Å². The van der Waals surface area contributed by atoms with Crippen LogP contribution in [-0.2, 0) is 0 Å². The Morgan fingerprint density at radius 2 is 1.69 bits per heavy atom. The summed E-state index contributed by atoms with van der Waals surface area (Å²) in [6.07, 6.45) is 1.30. The third-order valence-corrected chi connectivity index (χ3v) is 4.10. The average Bonchev–Trinajstić information content (AvgIpc) is 1.85. The van der Waals surface area contributed by atoms with Crippen LogP contribution in [0.5, 0.6) is 0 Å². The lowest BCUT2D eigenvalue weighted by Gasteiger charge is -2.41. The molecule has 0 radical (unpaired) electrons. The smallest absolute Gasteiger partial charge is 0.0144 e. The van der Waals surface area contributed by atoms with E-state index in [1.165, 1.54) is 6.42 Å². The van der Waals surface area contributed by atoms with Crippen molar-refractivity contribution in [1.29, 1.82) is 0 Å². The van der Waals surface area contributed by atoms with Gasteiger partial charge in [0.15, 0.2) is 0 Å². The van der Waals surface area contributed by atoms with Gasteiger partial charge in [-0.05, 0) is 23.2 Å². The van der Waals surface area contributed by atoms with E-state index in [-0.39, 0.29) is 0 Å². The van der Waals surface area contributed by atoms with Crippen LogP contribution >= 0.6 is 12.8 Å². The molecule has 1 fully saturated rings. The summed E-state index contributed by atoms with van der Waals surface area (Å²) < 4.78 is 2.18. The van der Waals surface area contributed by atoms with Gasteiger partial charge in [-0.25, -0.2) is 0 Å². The SMILES string of the molecule is CC1CN(S)CC(C)(C)C(C)(C)C1. The van der Waals surface area contributed by atoms with Crippen LogP contribution in [0.2, 0.25) is 0 Å². The fourth-order valence-corrected chi connectivity index (χ4v) is 2.94. The summed E-state index contributed by atoms with van der Waals surface area (Å²) in [5.74, 6) is 0.759. The third-order valence-electron chi connectivity index (χ3n) is 3.79. The molecule has 13 heavy (non-hydrogen) atoms. The van der Waals surface area contributed by atoms with Crippen LogP contribution in [0.15, 0.2) is 0 Å². The van der Waals surface area contributed by atoms with Crippen molar-refractivity contribution in [1.82, 2.24) is 4.31 Å². The summed E-state index contributed by atoms with van der Waals surface area (Å²) in [6, 6.07) is 0. The molecule has 1 unspecified atom stereocenters. The summed E-state index contributed by atoms with van der Waals surface area (Å²) in [4.78, 5) is 0. The summed E-state index contributed by atoms with van der Waals surface area (Å²) in [6.45, 7) is 14.0. The first kappa shape index (κ1) is 11.4. The van der Waals surface area contributed by atoms with Crippen molar-refractivity contribution in [3.8, 4) is 0 Å². The van der Waals surface area contributed by atoms with Crippen molar-refractivity contribution in [2.75, 3.05) is 13.1 Å². The molecule has 0 bridgehead atoms. The zero-order valence-corrected chi connectivity index (χ0v) is 10.5. The van der Waals surface area contributed by atoms with Crippen LogP contribution < -0.4 is 0 Å². The van der Waals surface area contributed by atoms with E-state index >= 15 is 0 Å². The molecule has 0 saturated carbocycles. The Morgan fingerprint density at radius 3 is 2.23 bits per heavy atom. The summed E-state index contributed by atoms with van der Waals surface area (Å²) in [5, 5.41) is 0. The van der Waals surface area contributed by atoms with Crippen molar-refractivity contribution in [2.24, 2.45) is 16.7 Å². The van der Waals surface area contributed by atoms with Gasteiger partial charge in [-0.15, -0.1) is 0 Å². The maximum atomic E-state index is 4.51. The molecule has 2 heteroatoms. The molecule has 0 spiro atoms. The molecule has 1 rings (SSSR count). The minimum Gasteiger partial charge on any atom is -0.252 e. The molecular formula is C11H23NS. The van der Waals surface area contributed by atoms with Gasteiger partial charge in [0.25, 0.3) is 0 Å². The van der Waals surface area contributed by atoms with Crippen LogP contribution in [0.4, 0.5) is 0 Å². The number of nitrogens with zero attached hydrogens (tertiary/aromatic N) is 1. The Hall–Kier alpha value is 0.310. The van der Waals surface area contributed by atoms with E-state index < -0.39 is 0 Å². The summed E-state index contributed by atoms with van der Waals surface area (Å²) in [5.41, 5.74) is 0.781. The second kappa shape index (κ2) is 3.47. The monoisotopic (exact) mass is 201 g/mol. The van der Waals surface area contributed by atoms with E-state index in [0.717, 1.165) is 19.0 Å². The fourth-order valence-electron chi connectivity index (χ4n) is 2.31. The Morgan fingerprint density at radius 1 is 1.15 bits per heavy atom. The largest absolute Gasteiger partial charge is 0.252 e. The highest BCUT2D eigenvalue weighted by molar-refractivity contribution is 7.77. The van der Waals surface area contributed by atoms with E-state index in [9.17, 15) is 0 Å². The lowest BCUT2D eigenvalue weighted by Crippen LogP contribution is -2.37. The summed E-state index contributed by atoms with van der Waals surface area (Å²) in [7, 11) is 0. The van der Waals surface area contributed by atoms with Gasteiger partial charge in [-0.1, -0.05) is 47.4 Å². The molecule has 1 aliphatic heterocycles. The molecular weight excluding hydrogens is 178 g/mol. The van der Waals surface area contributed by atoms with Crippen molar-refractivity contribution in [3.05, 3.63) is 0 Å². The second-order valence-electron chi connectivity index (χ2n) is 5.92. The number of hydrogen-bond acceptors (Lipinski definition) is 2. The fraction of sp³-hybridized carbons (Fsp3) is 1.00. The highest BCUT2D eigenvalue weighted by Crippen LogP contribution is 2.46. The van der Waals surface area contributed by atoms with Crippen molar-refractivity contribution < 1.29 is 0 Å². The Labute approximate surface area is 88.4 Å². The Balaban J connectivity index is 2.86. The van der Waals surface area contributed by atoms with Crippen molar-refractivity contribution in [2.45, 2.75) is 41.0 Å². The molecule has 0 N–H and O–H groups in total. The maximum absolute atomic E-state index is 4.51. The second-order valence-corrected chi connectivity index (χ2v) is 6.49. The van der Waals surface area contributed by atoms with Crippen LogP contribution in [0, 0.1) is 16.7 Å². The first-order valence-corrected chi connectivity index (χ1v) is 5.58. The third kappa shape index (κ3) is 2.41. The zero-order chi connectivity index (χ0) is 10.3. The van der Waals surface area contributed by atoms with Gasteiger partial charge in [0, 0.05) is 13.1 Å². The Bertz CT molecular complexity index is 167. The van der Waals surface area contributed by atoms with Crippen LogP contribution in [-0.4, -0.2) is 17.4 Å². The Kier molecular flexibility index (Phi) is 3.04. The molecule has 1 nitrogen and oxygen atoms in total. The lowest BCUT2D eigenvalue weighted by atomic mass is 9.65. The lowest BCUT2D eigenvalue weighted by molar-refractivity contribution is 0.0944. The summed E-state index contributed by atoms with van der Waals surface area (Å²) >= 11 is 4.51. The first-order chi connectivity index (χ1) is 5.74. The van der Waals surface area contributed by atoms with Crippen molar-refractivity contribution >= 4 is 12.8 Å². The maximum Gasteiger partial charge on any atom is 0.0144 e.